The Morgan fingerprint density at radius 3 is 2.78 bits per heavy atom. The Kier molecular flexibility index (Phi) is 5.03. The molecule has 0 amide bonds. The average molecular weight is 314 g/mol. The first-order valence-electron chi connectivity index (χ1n) is 6.39. The number of hydrogen-bond acceptors (Lipinski definition) is 3. The molecule has 0 saturated carbocycles. The molecule has 18 heavy (non-hydrogen) atoms. The van der Waals surface area contributed by atoms with E-state index in [-0.39, 0.29) is 6.10 Å². The van der Waals surface area contributed by atoms with Crippen LogP contribution in [-0.4, -0.2) is 43.3 Å². The summed E-state index contributed by atoms with van der Waals surface area (Å²) in [4.78, 5) is 2.43. The van der Waals surface area contributed by atoms with E-state index in [9.17, 15) is 0 Å². The third-order valence-electron chi connectivity index (χ3n) is 3.15. The summed E-state index contributed by atoms with van der Waals surface area (Å²) in [5.74, 6) is 0.892. The van der Waals surface area contributed by atoms with Crippen LogP contribution < -0.4 is 4.74 Å². The first-order valence-corrected chi connectivity index (χ1v) is 7.18. The van der Waals surface area contributed by atoms with Gasteiger partial charge in [-0.2, -0.15) is 0 Å². The second kappa shape index (κ2) is 6.55. The molecule has 1 aromatic carbocycles. The van der Waals surface area contributed by atoms with Crippen LogP contribution in [0.15, 0.2) is 28.7 Å². The van der Waals surface area contributed by atoms with Crippen molar-refractivity contribution >= 4 is 15.9 Å². The van der Waals surface area contributed by atoms with Crippen LogP contribution in [-0.2, 0) is 4.74 Å². The maximum absolute atomic E-state index is 5.76. The molecule has 0 aliphatic carbocycles. The summed E-state index contributed by atoms with van der Waals surface area (Å²) in [6.07, 6.45) is 0.171. The van der Waals surface area contributed by atoms with E-state index in [2.05, 4.69) is 34.7 Å². The lowest BCUT2D eigenvalue weighted by atomic mass is 10.2. The molecule has 4 heteroatoms. The van der Waals surface area contributed by atoms with Crippen molar-refractivity contribution in [2.75, 3.05) is 26.3 Å². The molecule has 1 aliphatic heterocycles. The summed E-state index contributed by atoms with van der Waals surface area (Å²) in [6.45, 7) is 7.83. The molecule has 1 atom stereocenters. The van der Waals surface area contributed by atoms with E-state index in [1.807, 2.05) is 24.3 Å². The van der Waals surface area contributed by atoms with Crippen molar-refractivity contribution in [1.82, 2.24) is 4.90 Å². The van der Waals surface area contributed by atoms with Crippen LogP contribution in [0.2, 0.25) is 0 Å². The molecule has 1 aromatic rings. The molecule has 1 fully saturated rings. The van der Waals surface area contributed by atoms with E-state index in [4.69, 9.17) is 9.47 Å². The van der Waals surface area contributed by atoms with Gasteiger partial charge in [-0.25, -0.2) is 0 Å². The molecule has 0 radical (unpaired) electrons. The second-order valence-corrected chi connectivity index (χ2v) is 5.76. The van der Waals surface area contributed by atoms with Gasteiger partial charge < -0.3 is 9.47 Å². The Hall–Kier alpha value is -0.580. The van der Waals surface area contributed by atoms with E-state index in [1.165, 1.54) is 0 Å². The van der Waals surface area contributed by atoms with Gasteiger partial charge in [-0.3, -0.25) is 4.90 Å². The first-order chi connectivity index (χ1) is 8.65. The minimum absolute atomic E-state index is 0.171. The number of nitrogens with zero attached hydrogens (tertiary/aromatic N) is 1. The fraction of sp³-hybridized carbons (Fsp3) is 0.571. The second-order valence-electron chi connectivity index (χ2n) is 4.85. The average Bonchev–Trinajstić information content (AvgIpc) is 2.38. The zero-order valence-electron chi connectivity index (χ0n) is 10.9. The molecule has 2 rings (SSSR count). The van der Waals surface area contributed by atoms with Gasteiger partial charge in [0.2, 0.25) is 0 Å². The smallest absolute Gasteiger partial charge is 0.119 e. The summed E-state index contributed by atoms with van der Waals surface area (Å²) in [5, 5.41) is 0. The van der Waals surface area contributed by atoms with Crippen molar-refractivity contribution in [2.24, 2.45) is 0 Å². The van der Waals surface area contributed by atoms with Gasteiger partial charge in [0.05, 0.1) is 6.61 Å². The van der Waals surface area contributed by atoms with Crippen LogP contribution in [0.3, 0.4) is 0 Å². The minimum atomic E-state index is 0.171. The SMILES string of the molecule is CC(C)N1CCO[C@@H](COc2ccc(Br)cc2)C1. The van der Waals surface area contributed by atoms with Crippen molar-refractivity contribution < 1.29 is 9.47 Å². The van der Waals surface area contributed by atoms with Crippen molar-refractivity contribution in [3.05, 3.63) is 28.7 Å². The molecular weight excluding hydrogens is 294 g/mol. The van der Waals surface area contributed by atoms with Crippen LogP contribution in [0.5, 0.6) is 5.75 Å². The van der Waals surface area contributed by atoms with Crippen molar-refractivity contribution in [2.45, 2.75) is 26.0 Å². The van der Waals surface area contributed by atoms with Crippen LogP contribution >= 0.6 is 15.9 Å². The van der Waals surface area contributed by atoms with Crippen molar-refractivity contribution in [3.8, 4) is 5.75 Å². The van der Waals surface area contributed by atoms with Crippen LogP contribution in [0, 0.1) is 0 Å². The minimum Gasteiger partial charge on any atom is -0.491 e. The van der Waals surface area contributed by atoms with Gasteiger partial charge in [0, 0.05) is 23.6 Å². The molecule has 0 unspecified atom stereocenters. The Morgan fingerprint density at radius 1 is 1.39 bits per heavy atom. The zero-order chi connectivity index (χ0) is 13.0. The predicted octanol–water partition coefficient (Wildman–Crippen LogP) is 2.94. The Labute approximate surface area is 117 Å². The van der Waals surface area contributed by atoms with Gasteiger partial charge in [-0.1, -0.05) is 15.9 Å². The number of halogens is 1. The van der Waals surface area contributed by atoms with Gasteiger partial charge >= 0.3 is 0 Å². The maximum Gasteiger partial charge on any atom is 0.119 e. The third kappa shape index (κ3) is 3.97. The zero-order valence-corrected chi connectivity index (χ0v) is 12.5. The molecular formula is C14H20BrNO2. The van der Waals surface area contributed by atoms with Crippen molar-refractivity contribution in [1.29, 1.82) is 0 Å². The maximum atomic E-state index is 5.76. The van der Waals surface area contributed by atoms with E-state index in [0.29, 0.717) is 12.6 Å². The van der Waals surface area contributed by atoms with Gasteiger partial charge in [0.25, 0.3) is 0 Å². The number of ether oxygens (including phenoxy) is 2. The lowest BCUT2D eigenvalue weighted by Gasteiger charge is -2.35. The predicted molar refractivity (Wildman–Crippen MR) is 76.1 cm³/mol. The van der Waals surface area contributed by atoms with Crippen molar-refractivity contribution in [3.63, 3.8) is 0 Å². The summed E-state index contributed by atoms with van der Waals surface area (Å²) >= 11 is 3.41. The molecule has 0 bridgehead atoms. The van der Waals surface area contributed by atoms with Gasteiger partial charge in [-0.15, -0.1) is 0 Å². The Balaban J connectivity index is 1.81. The largest absolute Gasteiger partial charge is 0.491 e. The highest BCUT2D eigenvalue weighted by atomic mass is 79.9. The Morgan fingerprint density at radius 2 is 2.11 bits per heavy atom. The van der Waals surface area contributed by atoms with E-state index >= 15 is 0 Å². The highest BCUT2D eigenvalue weighted by Crippen LogP contribution is 2.17. The highest BCUT2D eigenvalue weighted by Gasteiger charge is 2.22. The summed E-state index contributed by atoms with van der Waals surface area (Å²) < 4.78 is 12.5. The van der Waals surface area contributed by atoms with Gasteiger partial charge in [-0.05, 0) is 38.1 Å². The number of rotatable bonds is 4. The fourth-order valence-electron chi connectivity index (χ4n) is 2.03. The third-order valence-corrected chi connectivity index (χ3v) is 3.68. The standard InChI is InChI=1S/C14H20BrNO2/c1-11(2)16-7-8-17-14(9-16)10-18-13-5-3-12(15)4-6-13/h3-6,11,14H,7-10H2,1-2H3/t14-/m1/s1. The number of morpholine rings is 1. The number of hydrogen-bond donors (Lipinski definition) is 0. The molecule has 0 N–H and O–H groups in total. The van der Waals surface area contributed by atoms with E-state index < -0.39 is 0 Å². The molecule has 0 aromatic heterocycles. The molecule has 100 valence electrons. The molecule has 3 nitrogen and oxygen atoms in total. The van der Waals surface area contributed by atoms with E-state index in [1.54, 1.807) is 0 Å². The Bertz CT molecular complexity index is 367. The molecule has 1 aliphatic rings. The fourth-order valence-corrected chi connectivity index (χ4v) is 2.30. The van der Waals surface area contributed by atoms with Gasteiger partial charge in [0.1, 0.15) is 18.5 Å². The lowest BCUT2D eigenvalue weighted by molar-refractivity contribution is -0.0564. The first kappa shape index (κ1) is 13.8. The highest BCUT2D eigenvalue weighted by molar-refractivity contribution is 9.10. The van der Waals surface area contributed by atoms with Gasteiger partial charge in [0.15, 0.2) is 0 Å². The monoisotopic (exact) mass is 313 g/mol. The number of benzene rings is 1. The lowest BCUT2D eigenvalue weighted by Crippen LogP contribution is -2.47. The summed E-state index contributed by atoms with van der Waals surface area (Å²) in [7, 11) is 0. The molecule has 0 spiro atoms. The summed E-state index contributed by atoms with van der Waals surface area (Å²) in [6, 6.07) is 8.47. The van der Waals surface area contributed by atoms with Crippen LogP contribution in [0.4, 0.5) is 0 Å². The normalized spacial score (nSPS) is 21.2. The summed E-state index contributed by atoms with van der Waals surface area (Å²) in [5.41, 5.74) is 0. The van der Waals surface area contributed by atoms with Crippen LogP contribution in [0.1, 0.15) is 13.8 Å². The topological polar surface area (TPSA) is 21.7 Å². The quantitative estimate of drug-likeness (QED) is 0.853. The van der Waals surface area contributed by atoms with Crippen LogP contribution in [0.25, 0.3) is 0 Å². The molecule has 1 saturated heterocycles. The van der Waals surface area contributed by atoms with E-state index in [0.717, 1.165) is 29.9 Å². The molecule has 1 heterocycles.